The molecule has 1 amide bonds. The van der Waals surface area contributed by atoms with Crippen molar-refractivity contribution in [2.45, 2.75) is 26.2 Å². The van der Waals surface area contributed by atoms with E-state index in [0.29, 0.717) is 5.69 Å². The average Bonchev–Trinajstić information content (AvgIpc) is 3.07. The number of piperazine rings is 1. The van der Waals surface area contributed by atoms with E-state index in [0.717, 1.165) is 37.6 Å². The Labute approximate surface area is 149 Å². The van der Waals surface area contributed by atoms with Crippen molar-refractivity contribution >= 4 is 17.3 Å². The van der Waals surface area contributed by atoms with Crippen molar-refractivity contribution in [3.63, 3.8) is 0 Å². The number of nitrogens with zero attached hydrogens (tertiary/aromatic N) is 3. The molecule has 0 aliphatic carbocycles. The van der Waals surface area contributed by atoms with E-state index in [9.17, 15) is 4.79 Å². The average molecular weight is 341 g/mol. The largest absolute Gasteiger partial charge is 0.369 e. The molecule has 6 nitrogen and oxygen atoms in total. The summed E-state index contributed by atoms with van der Waals surface area (Å²) < 4.78 is 0. The number of benzene rings is 1. The van der Waals surface area contributed by atoms with Gasteiger partial charge in [0.15, 0.2) is 5.69 Å². The lowest BCUT2D eigenvalue weighted by molar-refractivity contribution is 0.102. The minimum Gasteiger partial charge on any atom is -0.369 e. The Bertz CT molecular complexity index is 721. The highest BCUT2D eigenvalue weighted by molar-refractivity contribution is 6.03. The predicted octanol–water partition coefficient (Wildman–Crippen LogP) is 2.71. The molecule has 0 radical (unpaired) electrons. The molecule has 134 valence electrons. The van der Waals surface area contributed by atoms with E-state index in [2.05, 4.69) is 65.3 Å². The summed E-state index contributed by atoms with van der Waals surface area (Å²) in [4.78, 5) is 17.1. The van der Waals surface area contributed by atoms with Gasteiger partial charge in [-0.25, -0.2) is 0 Å². The van der Waals surface area contributed by atoms with E-state index in [4.69, 9.17) is 0 Å². The summed E-state index contributed by atoms with van der Waals surface area (Å²) >= 11 is 0. The SMILES string of the molecule is CN1CCN(c2ccc(NC(=O)c3cc(C(C)(C)C)[nH]n3)cc2)CC1. The molecule has 2 N–H and O–H groups in total. The summed E-state index contributed by atoms with van der Waals surface area (Å²) in [5.41, 5.74) is 3.27. The van der Waals surface area contributed by atoms with Crippen molar-refractivity contribution in [1.29, 1.82) is 0 Å². The minimum atomic E-state index is -0.195. The zero-order chi connectivity index (χ0) is 18.0. The quantitative estimate of drug-likeness (QED) is 0.901. The minimum absolute atomic E-state index is 0.0598. The van der Waals surface area contributed by atoms with E-state index in [1.54, 1.807) is 0 Å². The third kappa shape index (κ3) is 4.20. The van der Waals surface area contributed by atoms with Crippen LogP contribution in [-0.2, 0) is 5.41 Å². The molecule has 1 aromatic heterocycles. The number of likely N-dealkylation sites (N-methyl/N-ethyl adjacent to an activating group) is 1. The summed E-state index contributed by atoms with van der Waals surface area (Å²) in [7, 11) is 2.15. The summed E-state index contributed by atoms with van der Waals surface area (Å²) in [5, 5.41) is 9.99. The van der Waals surface area contributed by atoms with Gasteiger partial charge in [-0.15, -0.1) is 0 Å². The number of nitrogens with one attached hydrogen (secondary N) is 2. The number of carbonyl (C=O) groups is 1. The lowest BCUT2D eigenvalue weighted by Gasteiger charge is -2.34. The fourth-order valence-electron chi connectivity index (χ4n) is 2.84. The van der Waals surface area contributed by atoms with Gasteiger partial charge in [0.25, 0.3) is 5.91 Å². The topological polar surface area (TPSA) is 64.3 Å². The molecule has 0 bridgehead atoms. The second kappa shape index (κ2) is 6.88. The first-order chi connectivity index (χ1) is 11.8. The van der Waals surface area contributed by atoms with E-state index >= 15 is 0 Å². The summed E-state index contributed by atoms with van der Waals surface area (Å²) in [6.45, 7) is 10.5. The van der Waals surface area contributed by atoms with Crippen molar-refractivity contribution in [1.82, 2.24) is 15.1 Å². The van der Waals surface area contributed by atoms with Gasteiger partial charge in [0.2, 0.25) is 0 Å². The number of amides is 1. The molecule has 1 saturated heterocycles. The molecular weight excluding hydrogens is 314 g/mol. The zero-order valence-corrected chi connectivity index (χ0v) is 15.5. The van der Waals surface area contributed by atoms with Crippen LogP contribution in [0.5, 0.6) is 0 Å². The molecule has 1 fully saturated rings. The molecule has 25 heavy (non-hydrogen) atoms. The van der Waals surface area contributed by atoms with Crippen LogP contribution >= 0.6 is 0 Å². The normalized spacial score (nSPS) is 16.1. The van der Waals surface area contributed by atoms with Gasteiger partial charge < -0.3 is 15.1 Å². The Hall–Kier alpha value is -2.34. The lowest BCUT2D eigenvalue weighted by atomic mass is 9.92. The zero-order valence-electron chi connectivity index (χ0n) is 15.5. The molecular formula is C19H27N5O. The molecule has 3 rings (SSSR count). The monoisotopic (exact) mass is 341 g/mol. The first-order valence-corrected chi connectivity index (χ1v) is 8.74. The van der Waals surface area contributed by atoms with Gasteiger partial charge in [0.1, 0.15) is 0 Å². The van der Waals surface area contributed by atoms with Gasteiger partial charge in [0.05, 0.1) is 0 Å². The van der Waals surface area contributed by atoms with Crippen LogP contribution in [0.3, 0.4) is 0 Å². The first kappa shape index (κ1) is 17.5. The van der Waals surface area contributed by atoms with Crippen LogP contribution < -0.4 is 10.2 Å². The second-order valence-corrected chi connectivity index (χ2v) is 7.71. The molecule has 0 saturated carbocycles. The smallest absolute Gasteiger partial charge is 0.276 e. The first-order valence-electron chi connectivity index (χ1n) is 8.74. The fourth-order valence-corrected chi connectivity index (χ4v) is 2.84. The Balaban J connectivity index is 1.63. The lowest BCUT2D eigenvalue weighted by Crippen LogP contribution is -2.44. The Morgan fingerprint density at radius 2 is 1.76 bits per heavy atom. The van der Waals surface area contributed by atoms with Gasteiger partial charge in [-0.05, 0) is 37.4 Å². The summed E-state index contributed by atoms with van der Waals surface area (Å²) in [5.74, 6) is -0.195. The fraction of sp³-hybridized carbons (Fsp3) is 0.474. The predicted molar refractivity (Wildman–Crippen MR) is 101 cm³/mol. The molecule has 1 aliphatic heterocycles. The molecule has 2 aromatic rings. The third-order valence-electron chi connectivity index (χ3n) is 4.61. The standard InChI is InChI=1S/C19H27N5O/c1-19(2,3)17-13-16(21-22-17)18(25)20-14-5-7-15(8-6-14)24-11-9-23(4)10-12-24/h5-8,13H,9-12H2,1-4H3,(H,20,25)(H,21,22). The highest BCUT2D eigenvalue weighted by atomic mass is 16.1. The maximum Gasteiger partial charge on any atom is 0.276 e. The number of aromatic nitrogens is 2. The van der Waals surface area contributed by atoms with Crippen LogP contribution in [0.25, 0.3) is 0 Å². The van der Waals surface area contributed by atoms with Crippen LogP contribution in [0.4, 0.5) is 11.4 Å². The maximum atomic E-state index is 12.4. The van der Waals surface area contributed by atoms with E-state index in [1.807, 2.05) is 18.2 Å². The van der Waals surface area contributed by atoms with E-state index in [-0.39, 0.29) is 11.3 Å². The van der Waals surface area contributed by atoms with Gasteiger partial charge in [-0.1, -0.05) is 20.8 Å². The van der Waals surface area contributed by atoms with Crippen molar-refractivity contribution in [3.8, 4) is 0 Å². The van der Waals surface area contributed by atoms with E-state index < -0.39 is 0 Å². The molecule has 2 heterocycles. The van der Waals surface area contributed by atoms with Crippen LogP contribution in [0.2, 0.25) is 0 Å². The van der Waals surface area contributed by atoms with Gasteiger partial charge in [-0.3, -0.25) is 9.89 Å². The van der Waals surface area contributed by atoms with Crippen LogP contribution in [0, 0.1) is 0 Å². The highest BCUT2D eigenvalue weighted by Gasteiger charge is 2.19. The Morgan fingerprint density at radius 3 is 2.32 bits per heavy atom. The third-order valence-corrected chi connectivity index (χ3v) is 4.61. The van der Waals surface area contributed by atoms with Gasteiger partial charge in [-0.2, -0.15) is 5.10 Å². The van der Waals surface area contributed by atoms with Gasteiger partial charge >= 0.3 is 0 Å². The van der Waals surface area contributed by atoms with E-state index in [1.165, 1.54) is 5.69 Å². The molecule has 0 spiro atoms. The number of rotatable bonds is 3. The number of hydrogen-bond acceptors (Lipinski definition) is 4. The van der Waals surface area contributed by atoms with Crippen molar-refractivity contribution in [3.05, 3.63) is 41.7 Å². The molecule has 1 aromatic carbocycles. The van der Waals surface area contributed by atoms with Crippen molar-refractivity contribution in [2.24, 2.45) is 0 Å². The number of H-pyrrole nitrogens is 1. The molecule has 6 heteroatoms. The van der Waals surface area contributed by atoms with Crippen LogP contribution in [-0.4, -0.2) is 54.2 Å². The van der Waals surface area contributed by atoms with Gasteiger partial charge in [0, 0.05) is 48.7 Å². The summed E-state index contributed by atoms with van der Waals surface area (Å²) in [6.07, 6.45) is 0. The number of aromatic amines is 1. The van der Waals surface area contributed by atoms with Crippen molar-refractivity contribution < 1.29 is 4.79 Å². The highest BCUT2D eigenvalue weighted by Crippen LogP contribution is 2.22. The summed E-state index contributed by atoms with van der Waals surface area (Å²) in [6, 6.07) is 9.83. The molecule has 0 unspecified atom stereocenters. The number of anilines is 2. The molecule has 1 aliphatic rings. The Kier molecular flexibility index (Phi) is 4.81. The molecule has 0 atom stereocenters. The second-order valence-electron chi connectivity index (χ2n) is 7.71. The number of hydrogen-bond donors (Lipinski definition) is 2. The van der Waals surface area contributed by atoms with Crippen molar-refractivity contribution in [2.75, 3.05) is 43.4 Å². The van der Waals surface area contributed by atoms with Crippen LogP contribution in [0.15, 0.2) is 30.3 Å². The number of carbonyl (C=O) groups excluding carboxylic acids is 1. The Morgan fingerprint density at radius 1 is 1.12 bits per heavy atom. The maximum absolute atomic E-state index is 12.4. The van der Waals surface area contributed by atoms with Crippen LogP contribution in [0.1, 0.15) is 37.0 Å².